The van der Waals surface area contributed by atoms with Gasteiger partial charge in [0.15, 0.2) is 0 Å². The number of fused-ring (bicyclic) bond motifs is 3. The second kappa shape index (κ2) is 8.81. The third kappa shape index (κ3) is 4.42. The van der Waals surface area contributed by atoms with E-state index >= 15 is 0 Å². The summed E-state index contributed by atoms with van der Waals surface area (Å²) in [7, 11) is 0. The standard InChI is InChI=1S/C24H19ClN2O2/c25-23-15-17(12-14-26-23)7-5-6-13-27-24(28)29-16-22-20-10-3-1-8-18(20)19-9-2-4-11-21(19)22/h1-4,8-12,14-15,22H,6,13,16H2,(H,27,28). The average molecular weight is 403 g/mol. The molecule has 1 N–H and O–H groups in total. The number of rotatable bonds is 4. The molecule has 0 aliphatic heterocycles. The number of carbonyl (C=O) groups is 1. The third-order valence-corrected chi connectivity index (χ3v) is 5.03. The van der Waals surface area contributed by atoms with Gasteiger partial charge in [0, 0.05) is 30.6 Å². The summed E-state index contributed by atoms with van der Waals surface area (Å²) in [5, 5.41) is 3.16. The van der Waals surface area contributed by atoms with Crippen LogP contribution in [0.4, 0.5) is 4.79 Å². The highest BCUT2D eigenvalue weighted by Crippen LogP contribution is 2.44. The lowest BCUT2D eigenvalue weighted by molar-refractivity contribution is 0.143. The average Bonchev–Trinajstić information content (AvgIpc) is 3.06. The van der Waals surface area contributed by atoms with Crippen LogP contribution in [0.1, 0.15) is 29.0 Å². The number of alkyl carbamates (subject to hydrolysis) is 1. The Morgan fingerprint density at radius 2 is 1.76 bits per heavy atom. The Morgan fingerprint density at radius 1 is 1.07 bits per heavy atom. The van der Waals surface area contributed by atoms with Crippen molar-refractivity contribution >= 4 is 17.7 Å². The van der Waals surface area contributed by atoms with Gasteiger partial charge in [-0.1, -0.05) is 72.0 Å². The van der Waals surface area contributed by atoms with Crippen LogP contribution in [0.5, 0.6) is 0 Å². The van der Waals surface area contributed by atoms with E-state index in [0.717, 1.165) is 5.56 Å². The fraction of sp³-hybridized carbons (Fsp3) is 0.167. The minimum atomic E-state index is -0.430. The summed E-state index contributed by atoms with van der Waals surface area (Å²) >= 11 is 5.83. The lowest BCUT2D eigenvalue weighted by Gasteiger charge is -2.14. The maximum absolute atomic E-state index is 12.1. The van der Waals surface area contributed by atoms with Crippen LogP contribution in [0.3, 0.4) is 0 Å². The predicted molar refractivity (Wildman–Crippen MR) is 114 cm³/mol. The first kappa shape index (κ1) is 19.0. The van der Waals surface area contributed by atoms with E-state index in [-0.39, 0.29) is 5.92 Å². The first-order valence-electron chi connectivity index (χ1n) is 9.41. The van der Waals surface area contributed by atoms with Gasteiger partial charge >= 0.3 is 6.09 Å². The minimum Gasteiger partial charge on any atom is -0.449 e. The molecule has 0 fully saturated rings. The van der Waals surface area contributed by atoms with Crippen molar-refractivity contribution in [2.75, 3.05) is 13.2 Å². The molecule has 1 aromatic heterocycles. The highest BCUT2D eigenvalue weighted by molar-refractivity contribution is 6.29. The van der Waals surface area contributed by atoms with Crippen LogP contribution in [0, 0.1) is 11.8 Å². The molecule has 0 bridgehead atoms. The van der Waals surface area contributed by atoms with Crippen LogP contribution in [-0.4, -0.2) is 24.2 Å². The Balaban J connectivity index is 1.29. The maximum atomic E-state index is 12.1. The van der Waals surface area contributed by atoms with Gasteiger partial charge in [-0.25, -0.2) is 9.78 Å². The SMILES string of the molecule is O=C(NCCC#Cc1ccnc(Cl)c1)OCC1c2ccccc2-c2ccccc21. The first-order valence-corrected chi connectivity index (χ1v) is 9.79. The molecule has 0 saturated heterocycles. The van der Waals surface area contributed by atoms with Crippen LogP contribution in [0.15, 0.2) is 66.9 Å². The second-order valence-corrected chi connectivity index (χ2v) is 7.06. The molecule has 0 spiro atoms. The zero-order valence-corrected chi connectivity index (χ0v) is 16.4. The zero-order valence-electron chi connectivity index (χ0n) is 15.7. The van der Waals surface area contributed by atoms with Crippen molar-refractivity contribution in [3.63, 3.8) is 0 Å². The van der Waals surface area contributed by atoms with Gasteiger partial charge in [0.1, 0.15) is 11.8 Å². The number of aromatic nitrogens is 1. The Morgan fingerprint density at radius 3 is 2.45 bits per heavy atom. The lowest BCUT2D eigenvalue weighted by Crippen LogP contribution is -2.26. The zero-order chi connectivity index (χ0) is 20.1. The summed E-state index contributed by atoms with van der Waals surface area (Å²) in [4.78, 5) is 16.0. The number of nitrogens with one attached hydrogen (secondary N) is 1. The van der Waals surface area contributed by atoms with Gasteiger partial charge in [-0.3, -0.25) is 0 Å². The molecular formula is C24H19ClN2O2. The monoisotopic (exact) mass is 402 g/mol. The van der Waals surface area contributed by atoms with Gasteiger partial charge in [-0.2, -0.15) is 0 Å². The molecule has 4 rings (SSSR count). The van der Waals surface area contributed by atoms with Crippen molar-refractivity contribution in [1.29, 1.82) is 0 Å². The Labute approximate surface area is 174 Å². The molecular weight excluding hydrogens is 384 g/mol. The van der Waals surface area contributed by atoms with E-state index in [0.29, 0.717) is 24.7 Å². The molecule has 0 radical (unpaired) electrons. The van der Waals surface area contributed by atoms with E-state index in [4.69, 9.17) is 16.3 Å². The predicted octanol–water partition coefficient (Wildman–Crippen LogP) is 5.02. The van der Waals surface area contributed by atoms with E-state index in [9.17, 15) is 4.79 Å². The number of benzene rings is 2. The summed E-state index contributed by atoms with van der Waals surface area (Å²) in [6.07, 6.45) is 1.70. The van der Waals surface area contributed by atoms with Crippen molar-refractivity contribution < 1.29 is 9.53 Å². The molecule has 1 aliphatic rings. The summed E-state index contributed by atoms with van der Waals surface area (Å²) in [6, 6.07) is 20.0. The van der Waals surface area contributed by atoms with E-state index < -0.39 is 6.09 Å². The van der Waals surface area contributed by atoms with Gasteiger partial charge < -0.3 is 10.1 Å². The van der Waals surface area contributed by atoms with Crippen molar-refractivity contribution in [2.45, 2.75) is 12.3 Å². The topological polar surface area (TPSA) is 51.2 Å². The first-order chi connectivity index (χ1) is 14.2. The fourth-order valence-corrected chi connectivity index (χ4v) is 3.70. The summed E-state index contributed by atoms with van der Waals surface area (Å²) in [6.45, 7) is 0.726. The number of carbonyl (C=O) groups excluding carboxylic acids is 1. The summed E-state index contributed by atoms with van der Waals surface area (Å²) in [5.74, 6) is 6.05. The molecule has 29 heavy (non-hydrogen) atoms. The van der Waals surface area contributed by atoms with E-state index in [1.165, 1.54) is 22.3 Å². The highest BCUT2D eigenvalue weighted by Gasteiger charge is 2.28. The Bertz CT molecular complexity index is 1060. The molecule has 5 heteroatoms. The van der Waals surface area contributed by atoms with E-state index in [2.05, 4.69) is 46.4 Å². The number of pyridine rings is 1. The molecule has 1 amide bonds. The normalized spacial score (nSPS) is 11.8. The molecule has 2 aromatic carbocycles. The minimum absolute atomic E-state index is 0.0596. The van der Waals surface area contributed by atoms with Crippen molar-refractivity contribution in [1.82, 2.24) is 10.3 Å². The van der Waals surface area contributed by atoms with E-state index in [1.54, 1.807) is 18.3 Å². The summed E-state index contributed by atoms with van der Waals surface area (Å²) in [5.41, 5.74) is 5.62. The van der Waals surface area contributed by atoms with Crippen LogP contribution >= 0.6 is 11.6 Å². The highest BCUT2D eigenvalue weighted by atomic mass is 35.5. The number of hydrogen-bond acceptors (Lipinski definition) is 3. The van der Waals surface area contributed by atoms with Crippen LogP contribution < -0.4 is 5.32 Å². The molecule has 1 aliphatic carbocycles. The van der Waals surface area contributed by atoms with Crippen LogP contribution in [0.2, 0.25) is 5.15 Å². The molecule has 3 aromatic rings. The number of amides is 1. The Kier molecular flexibility index (Phi) is 5.79. The number of ether oxygens (including phenoxy) is 1. The van der Waals surface area contributed by atoms with Gasteiger partial charge in [0.2, 0.25) is 0 Å². The lowest BCUT2D eigenvalue weighted by atomic mass is 9.98. The van der Waals surface area contributed by atoms with Gasteiger partial charge in [0.25, 0.3) is 0 Å². The van der Waals surface area contributed by atoms with E-state index in [1.807, 2.05) is 24.3 Å². The van der Waals surface area contributed by atoms with Crippen LogP contribution in [0.25, 0.3) is 11.1 Å². The maximum Gasteiger partial charge on any atom is 0.407 e. The number of nitrogens with zero attached hydrogens (tertiary/aromatic N) is 1. The third-order valence-electron chi connectivity index (χ3n) is 4.82. The largest absolute Gasteiger partial charge is 0.449 e. The molecule has 0 atom stereocenters. The van der Waals surface area contributed by atoms with Gasteiger partial charge in [0.05, 0.1) is 0 Å². The van der Waals surface area contributed by atoms with Crippen molar-refractivity contribution in [3.8, 4) is 23.0 Å². The van der Waals surface area contributed by atoms with Crippen molar-refractivity contribution in [2.24, 2.45) is 0 Å². The summed E-state index contributed by atoms with van der Waals surface area (Å²) < 4.78 is 5.50. The molecule has 144 valence electrons. The second-order valence-electron chi connectivity index (χ2n) is 6.67. The molecule has 4 nitrogen and oxygen atoms in total. The molecule has 0 unspecified atom stereocenters. The Hall–Kier alpha value is -3.29. The molecule has 1 heterocycles. The number of halogens is 1. The van der Waals surface area contributed by atoms with Gasteiger partial charge in [-0.05, 0) is 34.4 Å². The number of hydrogen-bond donors (Lipinski definition) is 1. The fourth-order valence-electron chi connectivity index (χ4n) is 3.52. The smallest absolute Gasteiger partial charge is 0.407 e. The molecule has 0 saturated carbocycles. The van der Waals surface area contributed by atoms with Crippen LogP contribution in [-0.2, 0) is 4.74 Å². The quantitative estimate of drug-likeness (QED) is 0.379. The van der Waals surface area contributed by atoms with Gasteiger partial charge in [-0.15, -0.1) is 0 Å². The van der Waals surface area contributed by atoms with Crippen molar-refractivity contribution in [3.05, 3.63) is 88.7 Å².